The zero-order chi connectivity index (χ0) is 21.2. The van der Waals surface area contributed by atoms with Crippen LogP contribution < -0.4 is 5.32 Å². The molecule has 0 fully saturated rings. The highest BCUT2D eigenvalue weighted by Gasteiger charge is 2.34. The summed E-state index contributed by atoms with van der Waals surface area (Å²) in [5.74, 6) is -0.323. The molecule has 3 nitrogen and oxygen atoms in total. The third-order valence-corrected chi connectivity index (χ3v) is 4.95. The molecule has 0 spiro atoms. The van der Waals surface area contributed by atoms with Gasteiger partial charge in [-0.15, -0.1) is 0 Å². The first-order valence-electron chi connectivity index (χ1n) is 9.06. The topological polar surface area (TPSA) is 34.0 Å². The van der Waals surface area contributed by atoms with Gasteiger partial charge in [-0.25, -0.2) is 0 Å². The zero-order valence-corrected chi connectivity index (χ0v) is 16.7. The van der Waals surface area contributed by atoms with Gasteiger partial charge in [0, 0.05) is 23.0 Å². The van der Waals surface area contributed by atoms with Crippen LogP contribution in [0.2, 0.25) is 5.02 Å². The predicted octanol–water partition coefficient (Wildman–Crippen LogP) is 5.74. The van der Waals surface area contributed by atoms with Gasteiger partial charge in [0.25, 0.3) is 5.91 Å². The Hall–Kier alpha value is -2.73. The maximum absolute atomic E-state index is 13.4. The molecule has 1 N–H and O–H groups in total. The average Bonchev–Trinajstić information content (AvgIpc) is 2.95. The van der Waals surface area contributed by atoms with E-state index in [0.717, 1.165) is 11.6 Å². The molecular weight excluding hydrogens is 401 g/mol. The number of rotatable bonds is 5. The van der Waals surface area contributed by atoms with Gasteiger partial charge in [-0.2, -0.15) is 13.2 Å². The molecule has 3 aromatic rings. The maximum atomic E-state index is 13.4. The first-order chi connectivity index (χ1) is 13.7. The molecule has 0 aliphatic rings. The molecule has 1 aromatic heterocycles. The van der Waals surface area contributed by atoms with Crippen molar-refractivity contribution >= 4 is 17.5 Å². The van der Waals surface area contributed by atoms with Crippen molar-refractivity contribution in [1.82, 2.24) is 9.88 Å². The highest BCUT2D eigenvalue weighted by atomic mass is 35.5. The van der Waals surface area contributed by atoms with Gasteiger partial charge in [-0.05, 0) is 56.2 Å². The average molecular weight is 421 g/mol. The normalized spacial score (nSPS) is 11.5. The molecule has 1 heterocycles. The number of halogens is 4. The summed E-state index contributed by atoms with van der Waals surface area (Å²) in [6.45, 7) is 3.72. The predicted molar refractivity (Wildman–Crippen MR) is 108 cm³/mol. The van der Waals surface area contributed by atoms with Gasteiger partial charge in [-0.3, -0.25) is 4.79 Å². The van der Waals surface area contributed by atoms with Crippen LogP contribution in [0.3, 0.4) is 0 Å². The third-order valence-electron chi connectivity index (χ3n) is 4.71. The number of hydrogen-bond acceptors (Lipinski definition) is 1. The van der Waals surface area contributed by atoms with Gasteiger partial charge in [0.1, 0.15) is 0 Å². The SMILES string of the molecule is Cc1cc(C(=O)NCCc2cccc(Cl)c2)c(C)n1-c1ccccc1C(F)(F)F. The monoisotopic (exact) mass is 420 g/mol. The molecule has 7 heteroatoms. The fraction of sp³-hybridized carbons (Fsp3) is 0.227. The summed E-state index contributed by atoms with van der Waals surface area (Å²) in [6.07, 6.45) is -3.89. The quantitative estimate of drug-likeness (QED) is 0.561. The van der Waals surface area contributed by atoms with E-state index in [1.54, 1.807) is 32.0 Å². The molecule has 152 valence electrons. The first kappa shape index (κ1) is 21.0. The van der Waals surface area contributed by atoms with Crippen molar-refractivity contribution in [3.05, 3.63) is 87.7 Å². The minimum atomic E-state index is -4.49. The van der Waals surface area contributed by atoms with E-state index in [1.165, 1.54) is 16.7 Å². The Labute approximate surface area is 172 Å². The molecule has 0 radical (unpaired) electrons. The highest BCUT2D eigenvalue weighted by molar-refractivity contribution is 6.30. The molecule has 0 atom stereocenters. The van der Waals surface area contributed by atoms with Crippen LogP contribution in [0.15, 0.2) is 54.6 Å². The standard InChI is InChI=1S/C22H20ClF3N2O/c1-14-12-18(21(29)27-11-10-16-6-5-7-17(23)13-16)15(2)28(14)20-9-4-3-8-19(20)22(24,25)26/h3-9,12-13H,10-11H2,1-2H3,(H,27,29). The van der Waals surface area contributed by atoms with Crippen molar-refractivity contribution in [2.24, 2.45) is 0 Å². The number of nitrogens with one attached hydrogen (secondary N) is 1. The molecular formula is C22H20ClF3N2O. The van der Waals surface area contributed by atoms with Gasteiger partial charge in [0.05, 0.1) is 16.8 Å². The molecule has 0 saturated heterocycles. The molecule has 0 aliphatic heterocycles. The van der Waals surface area contributed by atoms with Crippen molar-refractivity contribution in [2.75, 3.05) is 6.54 Å². The van der Waals surface area contributed by atoms with Gasteiger partial charge in [-0.1, -0.05) is 35.9 Å². The molecule has 3 rings (SSSR count). The minimum absolute atomic E-state index is 0.00739. The lowest BCUT2D eigenvalue weighted by Gasteiger charge is -2.16. The number of carbonyl (C=O) groups excluding carboxylic acids is 1. The van der Waals surface area contributed by atoms with Crippen LogP contribution in [-0.2, 0) is 12.6 Å². The van der Waals surface area contributed by atoms with Crippen LogP contribution in [0, 0.1) is 13.8 Å². The summed E-state index contributed by atoms with van der Waals surface area (Å²) in [7, 11) is 0. The Balaban J connectivity index is 1.82. The lowest BCUT2D eigenvalue weighted by Crippen LogP contribution is -2.26. The van der Waals surface area contributed by atoms with E-state index >= 15 is 0 Å². The summed E-state index contributed by atoms with van der Waals surface area (Å²) in [4.78, 5) is 12.6. The number of carbonyl (C=O) groups is 1. The van der Waals surface area contributed by atoms with Gasteiger partial charge < -0.3 is 9.88 Å². The fourth-order valence-electron chi connectivity index (χ4n) is 3.38. The van der Waals surface area contributed by atoms with Crippen LogP contribution in [0.5, 0.6) is 0 Å². The van der Waals surface area contributed by atoms with Crippen LogP contribution in [-0.4, -0.2) is 17.0 Å². The number of aryl methyl sites for hydroxylation is 1. The number of aromatic nitrogens is 1. The second kappa shape index (κ2) is 8.33. The van der Waals surface area contributed by atoms with E-state index in [4.69, 9.17) is 11.6 Å². The van der Waals surface area contributed by atoms with E-state index < -0.39 is 11.7 Å². The molecule has 1 amide bonds. The van der Waals surface area contributed by atoms with Gasteiger partial charge in [0.2, 0.25) is 0 Å². The second-order valence-electron chi connectivity index (χ2n) is 6.77. The minimum Gasteiger partial charge on any atom is -0.352 e. The van der Waals surface area contributed by atoms with Crippen LogP contribution in [0.1, 0.15) is 32.9 Å². The van der Waals surface area contributed by atoms with Gasteiger partial charge in [0.15, 0.2) is 0 Å². The number of benzene rings is 2. The summed E-state index contributed by atoms with van der Waals surface area (Å²) in [6, 6.07) is 14.3. The Kier molecular flexibility index (Phi) is 6.03. The smallest absolute Gasteiger partial charge is 0.352 e. The zero-order valence-electron chi connectivity index (χ0n) is 16.0. The number of alkyl halides is 3. The van der Waals surface area contributed by atoms with E-state index in [0.29, 0.717) is 34.9 Å². The molecule has 0 bridgehead atoms. The molecule has 0 saturated carbocycles. The van der Waals surface area contributed by atoms with E-state index in [-0.39, 0.29) is 11.6 Å². The van der Waals surface area contributed by atoms with E-state index in [1.807, 2.05) is 18.2 Å². The Morgan fingerprint density at radius 1 is 1.07 bits per heavy atom. The van der Waals surface area contributed by atoms with Crippen molar-refractivity contribution < 1.29 is 18.0 Å². The molecule has 0 unspecified atom stereocenters. The fourth-order valence-corrected chi connectivity index (χ4v) is 3.59. The Bertz CT molecular complexity index is 1040. The van der Waals surface area contributed by atoms with Crippen molar-refractivity contribution in [2.45, 2.75) is 26.4 Å². The summed E-state index contributed by atoms with van der Waals surface area (Å²) >= 11 is 5.96. The molecule has 0 aliphatic carbocycles. The Morgan fingerprint density at radius 2 is 1.79 bits per heavy atom. The van der Waals surface area contributed by atoms with Crippen LogP contribution in [0.25, 0.3) is 5.69 Å². The number of amides is 1. The van der Waals surface area contributed by atoms with Crippen molar-refractivity contribution in [3.8, 4) is 5.69 Å². The van der Waals surface area contributed by atoms with E-state index in [9.17, 15) is 18.0 Å². The third kappa shape index (κ3) is 4.65. The highest BCUT2D eigenvalue weighted by Crippen LogP contribution is 2.35. The Morgan fingerprint density at radius 3 is 2.48 bits per heavy atom. The van der Waals surface area contributed by atoms with Crippen molar-refractivity contribution in [1.29, 1.82) is 0 Å². The van der Waals surface area contributed by atoms with Crippen molar-refractivity contribution in [3.63, 3.8) is 0 Å². The lowest BCUT2D eigenvalue weighted by atomic mass is 10.1. The maximum Gasteiger partial charge on any atom is 0.418 e. The molecule has 2 aromatic carbocycles. The molecule has 29 heavy (non-hydrogen) atoms. The number of nitrogens with zero attached hydrogens (tertiary/aromatic N) is 1. The first-order valence-corrected chi connectivity index (χ1v) is 9.44. The lowest BCUT2D eigenvalue weighted by molar-refractivity contribution is -0.137. The summed E-state index contributed by atoms with van der Waals surface area (Å²) in [5.41, 5.74) is 1.62. The summed E-state index contributed by atoms with van der Waals surface area (Å²) in [5, 5.41) is 3.45. The van der Waals surface area contributed by atoms with E-state index in [2.05, 4.69) is 5.32 Å². The second-order valence-corrected chi connectivity index (χ2v) is 7.21. The summed E-state index contributed by atoms with van der Waals surface area (Å²) < 4.78 is 41.7. The van der Waals surface area contributed by atoms with Gasteiger partial charge >= 0.3 is 6.18 Å². The number of para-hydroxylation sites is 1. The van der Waals surface area contributed by atoms with Crippen LogP contribution in [0.4, 0.5) is 13.2 Å². The largest absolute Gasteiger partial charge is 0.418 e. The number of hydrogen-bond donors (Lipinski definition) is 1. The van der Waals surface area contributed by atoms with Crippen LogP contribution >= 0.6 is 11.6 Å².